The summed E-state index contributed by atoms with van der Waals surface area (Å²) in [5.74, 6) is 0.568. The van der Waals surface area contributed by atoms with Crippen LogP contribution in [0.15, 0.2) is 36.5 Å². The summed E-state index contributed by atoms with van der Waals surface area (Å²) in [4.78, 5) is 15.6. The number of carbonyl (C=O) groups excluding carboxylic acids is 1. The van der Waals surface area contributed by atoms with Gasteiger partial charge in [0.25, 0.3) is 5.91 Å². The number of aromatic nitrogens is 1. The Morgan fingerprint density at radius 3 is 3.05 bits per heavy atom. The number of anilines is 2. The molecule has 5 heteroatoms. The molecule has 0 aliphatic carbocycles. The first kappa shape index (κ1) is 12.5. The highest BCUT2D eigenvalue weighted by atomic mass is 16.5. The zero-order valence-corrected chi connectivity index (χ0v) is 11.1. The number of hydrogen-bond donors (Lipinski definition) is 2. The van der Waals surface area contributed by atoms with Crippen LogP contribution in [-0.2, 0) is 11.3 Å². The van der Waals surface area contributed by atoms with Crippen molar-refractivity contribution >= 4 is 17.3 Å². The lowest BCUT2D eigenvalue weighted by Gasteiger charge is -2.18. The van der Waals surface area contributed by atoms with Gasteiger partial charge in [-0.3, -0.25) is 9.78 Å². The molecule has 1 aliphatic rings. The third kappa shape index (κ3) is 2.71. The maximum atomic E-state index is 11.3. The number of pyridine rings is 1. The molecule has 0 bridgehead atoms. The number of rotatable bonds is 3. The zero-order valence-electron chi connectivity index (χ0n) is 11.1. The average molecular weight is 269 g/mol. The Morgan fingerprint density at radius 1 is 1.35 bits per heavy atom. The maximum absolute atomic E-state index is 11.3. The monoisotopic (exact) mass is 269 g/mol. The van der Waals surface area contributed by atoms with Crippen molar-refractivity contribution in [3.63, 3.8) is 0 Å². The van der Waals surface area contributed by atoms with Gasteiger partial charge in [0.2, 0.25) is 0 Å². The topological polar surface area (TPSA) is 63.2 Å². The van der Waals surface area contributed by atoms with Gasteiger partial charge in [-0.1, -0.05) is 6.07 Å². The van der Waals surface area contributed by atoms with Gasteiger partial charge in [0.15, 0.2) is 6.61 Å². The SMILES string of the molecule is Cc1ccc(CNc2ccc3c(c2)NC(=O)CO3)nc1. The maximum Gasteiger partial charge on any atom is 0.262 e. The molecular formula is C15H15N3O2. The summed E-state index contributed by atoms with van der Waals surface area (Å²) in [6, 6.07) is 9.65. The minimum absolute atomic E-state index is 0.0765. The molecule has 0 fully saturated rings. The van der Waals surface area contributed by atoms with Crippen LogP contribution in [0.5, 0.6) is 5.75 Å². The van der Waals surface area contributed by atoms with Gasteiger partial charge >= 0.3 is 0 Å². The van der Waals surface area contributed by atoms with Crippen LogP contribution < -0.4 is 15.4 Å². The molecule has 3 rings (SSSR count). The summed E-state index contributed by atoms with van der Waals surface area (Å²) in [5.41, 5.74) is 3.72. The van der Waals surface area contributed by atoms with Crippen molar-refractivity contribution in [2.24, 2.45) is 0 Å². The van der Waals surface area contributed by atoms with E-state index in [2.05, 4.69) is 15.6 Å². The fraction of sp³-hybridized carbons (Fsp3) is 0.200. The summed E-state index contributed by atoms with van der Waals surface area (Å²) in [7, 11) is 0. The van der Waals surface area contributed by atoms with Crippen LogP contribution in [-0.4, -0.2) is 17.5 Å². The smallest absolute Gasteiger partial charge is 0.262 e. The van der Waals surface area contributed by atoms with Crippen LogP contribution in [0.4, 0.5) is 11.4 Å². The molecule has 1 amide bonds. The number of fused-ring (bicyclic) bond motifs is 1. The number of nitrogens with zero attached hydrogens (tertiary/aromatic N) is 1. The Balaban J connectivity index is 1.70. The summed E-state index contributed by atoms with van der Waals surface area (Å²) >= 11 is 0. The van der Waals surface area contributed by atoms with Gasteiger partial charge in [-0.2, -0.15) is 0 Å². The molecule has 2 aromatic rings. The Hall–Kier alpha value is -2.56. The van der Waals surface area contributed by atoms with Gasteiger partial charge in [0, 0.05) is 11.9 Å². The van der Waals surface area contributed by atoms with E-state index >= 15 is 0 Å². The summed E-state index contributed by atoms with van der Waals surface area (Å²) in [5, 5.41) is 6.06. The molecule has 0 saturated heterocycles. The molecule has 2 heterocycles. The first-order valence-corrected chi connectivity index (χ1v) is 6.43. The van der Waals surface area contributed by atoms with E-state index in [1.54, 1.807) is 0 Å². The van der Waals surface area contributed by atoms with E-state index in [-0.39, 0.29) is 12.5 Å². The van der Waals surface area contributed by atoms with Crippen LogP contribution in [0.3, 0.4) is 0 Å². The normalized spacial score (nSPS) is 13.2. The molecule has 0 spiro atoms. The fourth-order valence-electron chi connectivity index (χ4n) is 1.99. The lowest BCUT2D eigenvalue weighted by atomic mass is 10.2. The average Bonchev–Trinajstić information content (AvgIpc) is 2.46. The molecule has 1 aliphatic heterocycles. The Kier molecular flexibility index (Phi) is 3.25. The second-order valence-corrected chi connectivity index (χ2v) is 4.73. The molecule has 0 atom stereocenters. The largest absolute Gasteiger partial charge is 0.482 e. The second kappa shape index (κ2) is 5.21. The summed E-state index contributed by atoms with van der Waals surface area (Å²) < 4.78 is 5.31. The minimum Gasteiger partial charge on any atom is -0.482 e. The molecule has 0 saturated carbocycles. The molecule has 1 aromatic carbocycles. The third-order valence-electron chi connectivity index (χ3n) is 3.06. The van der Waals surface area contributed by atoms with Crippen LogP contribution in [0.25, 0.3) is 0 Å². The fourth-order valence-corrected chi connectivity index (χ4v) is 1.99. The molecule has 20 heavy (non-hydrogen) atoms. The van der Waals surface area contributed by atoms with Gasteiger partial charge in [-0.15, -0.1) is 0 Å². The number of nitrogens with one attached hydrogen (secondary N) is 2. The van der Waals surface area contributed by atoms with Gasteiger partial charge in [0.05, 0.1) is 17.9 Å². The number of amides is 1. The van der Waals surface area contributed by atoms with Crippen molar-refractivity contribution in [1.29, 1.82) is 0 Å². The van der Waals surface area contributed by atoms with Crippen molar-refractivity contribution in [2.75, 3.05) is 17.2 Å². The molecule has 0 radical (unpaired) electrons. The molecule has 2 N–H and O–H groups in total. The highest BCUT2D eigenvalue weighted by molar-refractivity contribution is 5.96. The van der Waals surface area contributed by atoms with E-state index in [1.165, 1.54) is 0 Å². The molecule has 5 nitrogen and oxygen atoms in total. The highest BCUT2D eigenvalue weighted by Gasteiger charge is 2.15. The van der Waals surface area contributed by atoms with Crippen molar-refractivity contribution < 1.29 is 9.53 Å². The second-order valence-electron chi connectivity index (χ2n) is 4.73. The van der Waals surface area contributed by atoms with Crippen LogP contribution in [0.2, 0.25) is 0 Å². The molecule has 0 unspecified atom stereocenters. The number of ether oxygens (including phenoxy) is 1. The highest BCUT2D eigenvalue weighted by Crippen LogP contribution is 2.30. The minimum atomic E-state index is -0.130. The van der Waals surface area contributed by atoms with Gasteiger partial charge < -0.3 is 15.4 Å². The van der Waals surface area contributed by atoms with Gasteiger partial charge in [-0.25, -0.2) is 0 Å². The predicted molar refractivity (Wildman–Crippen MR) is 76.9 cm³/mol. The van der Waals surface area contributed by atoms with Crippen LogP contribution >= 0.6 is 0 Å². The first-order chi connectivity index (χ1) is 9.70. The number of hydrogen-bond acceptors (Lipinski definition) is 4. The summed E-state index contributed by atoms with van der Waals surface area (Å²) in [6.07, 6.45) is 1.85. The number of benzene rings is 1. The zero-order chi connectivity index (χ0) is 13.9. The van der Waals surface area contributed by atoms with Crippen LogP contribution in [0, 0.1) is 6.92 Å². The quantitative estimate of drug-likeness (QED) is 0.897. The van der Waals surface area contributed by atoms with Crippen molar-refractivity contribution in [1.82, 2.24) is 4.98 Å². The molecular weight excluding hydrogens is 254 g/mol. The Labute approximate surface area is 117 Å². The van der Waals surface area contributed by atoms with E-state index in [9.17, 15) is 4.79 Å². The van der Waals surface area contributed by atoms with Crippen molar-refractivity contribution in [3.8, 4) is 5.75 Å². The van der Waals surface area contributed by atoms with E-state index < -0.39 is 0 Å². The van der Waals surface area contributed by atoms with Gasteiger partial charge in [-0.05, 0) is 36.8 Å². The standard InChI is InChI=1S/C15H15N3O2/c1-10-2-3-12(16-7-10)8-17-11-4-5-14-13(6-11)18-15(19)9-20-14/h2-7,17H,8-9H2,1H3,(H,18,19). The first-order valence-electron chi connectivity index (χ1n) is 6.43. The van der Waals surface area contributed by atoms with Crippen LogP contribution in [0.1, 0.15) is 11.3 Å². The summed E-state index contributed by atoms with van der Waals surface area (Å²) in [6.45, 7) is 2.72. The molecule has 1 aromatic heterocycles. The lowest BCUT2D eigenvalue weighted by molar-refractivity contribution is -0.118. The van der Waals surface area contributed by atoms with E-state index in [0.29, 0.717) is 18.0 Å². The Bertz CT molecular complexity index is 638. The van der Waals surface area contributed by atoms with E-state index in [4.69, 9.17) is 4.74 Å². The lowest BCUT2D eigenvalue weighted by Crippen LogP contribution is -2.25. The van der Waals surface area contributed by atoms with Crippen molar-refractivity contribution in [3.05, 3.63) is 47.8 Å². The van der Waals surface area contributed by atoms with Gasteiger partial charge in [0.1, 0.15) is 5.75 Å². The molecule has 102 valence electrons. The van der Waals surface area contributed by atoms with E-state index in [1.807, 2.05) is 43.5 Å². The number of aryl methyl sites for hydroxylation is 1. The number of carbonyl (C=O) groups is 1. The third-order valence-corrected chi connectivity index (χ3v) is 3.06. The van der Waals surface area contributed by atoms with Crippen molar-refractivity contribution in [2.45, 2.75) is 13.5 Å². The van der Waals surface area contributed by atoms with E-state index in [0.717, 1.165) is 16.9 Å². The Morgan fingerprint density at radius 2 is 2.25 bits per heavy atom. The predicted octanol–water partition coefficient (Wildman–Crippen LogP) is 2.33.